The quantitative estimate of drug-likeness (QED) is 0.0463. The highest BCUT2D eigenvalue weighted by molar-refractivity contribution is 14.1. The van der Waals surface area contributed by atoms with Crippen LogP contribution in [0.5, 0.6) is 5.75 Å². The van der Waals surface area contributed by atoms with E-state index in [0.717, 1.165) is 18.9 Å². The Morgan fingerprint density at radius 3 is 2.14 bits per heavy atom. The number of aliphatic hydroxyl groups excluding tert-OH is 4. The van der Waals surface area contributed by atoms with Crippen molar-refractivity contribution in [1.29, 1.82) is 0 Å². The van der Waals surface area contributed by atoms with Crippen LogP contribution in [-0.4, -0.2) is 97.8 Å². The molecule has 13 nitrogen and oxygen atoms in total. The number of benzene rings is 1. The minimum atomic E-state index is -3.14. The Bertz CT molecular complexity index is 1050. The molecule has 0 radical (unpaired) electrons. The Balaban J connectivity index is 1.83. The monoisotopic (exact) mass is 731 g/mol. The zero-order valence-electron chi connectivity index (χ0n) is 23.5. The van der Waals surface area contributed by atoms with Crippen molar-refractivity contribution in [3.8, 4) is 5.75 Å². The van der Waals surface area contributed by atoms with Gasteiger partial charge in [0.15, 0.2) is 24.2 Å². The van der Waals surface area contributed by atoms with Crippen LogP contribution in [0.3, 0.4) is 0 Å². The Hall–Kier alpha value is -2.22. The molecule has 5 atom stereocenters. The first-order chi connectivity index (χ1) is 20.4. The highest BCUT2D eigenvalue weighted by Gasteiger charge is 2.57. The number of aliphatic hydroxyl groups is 5. The number of rotatable bonds is 18. The van der Waals surface area contributed by atoms with Crippen LogP contribution in [0.2, 0.25) is 0 Å². The van der Waals surface area contributed by atoms with Gasteiger partial charge in [0.25, 0.3) is 12.2 Å². The van der Waals surface area contributed by atoms with Crippen LogP contribution in [0.25, 0.3) is 0 Å². The van der Waals surface area contributed by atoms with Crippen LogP contribution in [0.4, 0.5) is 14.5 Å². The topological polar surface area (TPSA) is 207 Å². The highest BCUT2D eigenvalue weighted by atomic mass is 127. The molecule has 43 heavy (non-hydrogen) atoms. The molecule has 2 rings (SSSR count). The smallest absolute Gasteiger partial charge is 0.267 e. The molecular formula is C27H40F2IN3O10. The van der Waals surface area contributed by atoms with Gasteiger partial charge in [0.1, 0.15) is 6.10 Å². The standard InChI is InChI=1S/C27H40F2IN3O10/c28-25(29)16-8-7-9-17(23(16)43-27(41)18(15-34)42-26(40)22(38)24(27)39)33-20(36)11-4-2-5-12-31-19(35)10-3-1-6-13-32-21(37)14-30/h7-9,18,22,24-26,34,38-41H,1-6,10-15H2,(H,31,35)(H,32,37)(H,33,36)/t18-,22-,24-,26-,27-/m1/s1. The number of unbranched alkanes of at least 4 members (excludes halogenated alkanes) is 4. The van der Waals surface area contributed by atoms with Gasteiger partial charge in [0, 0.05) is 25.9 Å². The molecular weight excluding hydrogens is 691 g/mol. The third-order valence-corrected chi connectivity index (χ3v) is 7.41. The third-order valence-electron chi connectivity index (χ3n) is 6.72. The van der Waals surface area contributed by atoms with Gasteiger partial charge in [0.05, 0.1) is 22.3 Å². The predicted molar refractivity (Wildman–Crippen MR) is 157 cm³/mol. The number of alkyl halides is 3. The maximum atomic E-state index is 13.8. The molecule has 0 bridgehead atoms. The van der Waals surface area contributed by atoms with Gasteiger partial charge in [-0.1, -0.05) is 41.5 Å². The van der Waals surface area contributed by atoms with Crippen molar-refractivity contribution in [2.24, 2.45) is 0 Å². The van der Waals surface area contributed by atoms with Crippen LogP contribution in [0.15, 0.2) is 18.2 Å². The van der Waals surface area contributed by atoms with Crippen molar-refractivity contribution < 1.29 is 58.2 Å². The molecule has 1 aromatic rings. The second kappa shape index (κ2) is 18.6. The number of anilines is 1. The van der Waals surface area contributed by atoms with Gasteiger partial charge < -0.3 is 51.0 Å². The summed E-state index contributed by atoms with van der Waals surface area (Å²) in [6.45, 7) is -0.00504. The van der Waals surface area contributed by atoms with Crippen molar-refractivity contribution in [2.45, 2.75) is 88.2 Å². The molecule has 1 fully saturated rings. The Morgan fingerprint density at radius 1 is 0.953 bits per heavy atom. The van der Waals surface area contributed by atoms with E-state index in [1.54, 1.807) is 0 Å². The van der Waals surface area contributed by atoms with Gasteiger partial charge in [-0.15, -0.1) is 0 Å². The molecule has 0 unspecified atom stereocenters. The molecule has 8 N–H and O–H groups in total. The van der Waals surface area contributed by atoms with E-state index < -0.39 is 60.6 Å². The van der Waals surface area contributed by atoms with E-state index in [0.29, 0.717) is 49.6 Å². The minimum absolute atomic E-state index is 0.000561. The lowest BCUT2D eigenvalue weighted by Crippen LogP contribution is -2.69. The number of hydrogen-bond donors (Lipinski definition) is 8. The largest absolute Gasteiger partial charge is 0.454 e. The molecule has 0 aromatic heterocycles. The van der Waals surface area contributed by atoms with Crippen molar-refractivity contribution in [2.75, 3.05) is 29.4 Å². The third kappa shape index (κ3) is 11.3. The van der Waals surface area contributed by atoms with Gasteiger partial charge in [-0.05, 0) is 37.8 Å². The molecule has 1 aliphatic heterocycles. The second-order valence-corrected chi connectivity index (χ2v) is 10.8. The first-order valence-electron chi connectivity index (χ1n) is 14.0. The van der Waals surface area contributed by atoms with Crippen molar-refractivity contribution >= 4 is 46.0 Å². The molecule has 0 spiro atoms. The number of amides is 3. The van der Waals surface area contributed by atoms with E-state index in [4.69, 9.17) is 9.47 Å². The zero-order chi connectivity index (χ0) is 32.0. The summed E-state index contributed by atoms with van der Waals surface area (Å²) >= 11 is 1.99. The number of halogens is 3. The summed E-state index contributed by atoms with van der Waals surface area (Å²) in [5.74, 6) is -4.33. The summed E-state index contributed by atoms with van der Waals surface area (Å²) < 4.78 is 38.3. The molecule has 0 saturated carbocycles. The lowest BCUT2D eigenvalue weighted by Gasteiger charge is -2.46. The number of ether oxygens (including phenoxy) is 2. The first-order valence-corrected chi connectivity index (χ1v) is 15.5. The molecule has 0 aliphatic carbocycles. The van der Waals surface area contributed by atoms with E-state index in [-0.39, 0.29) is 23.9 Å². The van der Waals surface area contributed by atoms with Crippen LogP contribution in [0.1, 0.15) is 63.4 Å². The number of carbonyl (C=O) groups excluding carboxylic acids is 3. The van der Waals surface area contributed by atoms with Crippen LogP contribution in [-0.2, 0) is 19.1 Å². The molecule has 1 heterocycles. The van der Waals surface area contributed by atoms with Gasteiger partial charge in [0.2, 0.25) is 17.7 Å². The summed E-state index contributed by atoms with van der Waals surface area (Å²) in [7, 11) is 0. The van der Waals surface area contributed by atoms with Crippen LogP contribution in [0, 0.1) is 0 Å². The van der Waals surface area contributed by atoms with Gasteiger partial charge >= 0.3 is 0 Å². The Kier molecular flexibility index (Phi) is 16.0. The average molecular weight is 732 g/mol. The molecule has 3 amide bonds. The van der Waals surface area contributed by atoms with E-state index in [2.05, 4.69) is 16.0 Å². The number of hydrogen-bond acceptors (Lipinski definition) is 10. The van der Waals surface area contributed by atoms with E-state index in [9.17, 15) is 48.7 Å². The van der Waals surface area contributed by atoms with E-state index in [1.165, 1.54) is 12.1 Å². The minimum Gasteiger partial charge on any atom is -0.454 e. The summed E-state index contributed by atoms with van der Waals surface area (Å²) in [4.78, 5) is 35.7. The normalized spacial score (nSPS) is 23.6. The maximum absolute atomic E-state index is 13.8. The number of para-hydroxylation sites is 1. The molecule has 1 saturated heterocycles. The van der Waals surface area contributed by atoms with Crippen molar-refractivity contribution in [3.05, 3.63) is 23.8 Å². The number of nitrogens with one attached hydrogen (secondary N) is 3. The predicted octanol–water partition coefficient (Wildman–Crippen LogP) is 0.850. The SMILES string of the molecule is O=C(CI)NCCCCCC(=O)NCCCCCC(=O)Nc1cccc(C(F)F)c1O[C@@]1(O)[C@H](O)[C@@H](O)[C@H](O)O[C@@H]1CO. The summed E-state index contributed by atoms with van der Waals surface area (Å²) in [6, 6.07) is 3.42. The van der Waals surface area contributed by atoms with Crippen molar-refractivity contribution in [3.63, 3.8) is 0 Å². The van der Waals surface area contributed by atoms with Crippen molar-refractivity contribution in [1.82, 2.24) is 10.6 Å². The van der Waals surface area contributed by atoms with Gasteiger partial charge in [-0.3, -0.25) is 14.4 Å². The average Bonchev–Trinajstić information content (AvgIpc) is 2.98. The zero-order valence-corrected chi connectivity index (χ0v) is 25.7. The molecule has 244 valence electrons. The number of carbonyl (C=O) groups is 3. The molecule has 1 aliphatic rings. The molecule has 1 aromatic carbocycles. The van der Waals surface area contributed by atoms with Crippen LogP contribution >= 0.6 is 22.6 Å². The van der Waals surface area contributed by atoms with Gasteiger partial charge in [-0.25, -0.2) is 8.78 Å². The fourth-order valence-corrected chi connectivity index (χ4v) is 4.59. The van der Waals surface area contributed by atoms with Gasteiger partial charge in [-0.2, -0.15) is 0 Å². The fraction of sp³-hybridized carbons (Fsp3) is 0.667. The van der Waals surface area contributed by atoms with Crippen LogP contribution < -0.4 is 20.7 Å². The second-order valence-electron chi connectivity index (χ2n) is 10.0. The lowest BCUT2D eigenvalue weighted by molar-refractivity contribution is -0.370. The first kappa shape index (κ1) is 37.0. The summed E-state index contributed by atoms with van der Waals surface area (Å²) in [6.07, 6.45) is -7.03. The molecule has 16 heteroatoms. The maximum Gasteiger partial charge on any atom is 0.267 e. The Labute approximate surface area is 261 Å². The highest BCUT2D eigenvalue weighted by Crippen LogP contribution is 2.41. The summed E-state index contributed by atoms with van der Waals surface area (Å²) in [5, 5.41) is 58.5. The fourth-order valence-electron chi connectivity index (χ4n) is 4.32. The van der Waals surface area contributed by atoms with E-state index in [1.807, 2.05) is 22.6 Å². The Morgan fingerprint density at radius 2 is 1.56 bits per heavy atom. The summed E-state index contributed by atoms with van der Waals surface area (Å²) in [5.41, 5.74) is -1.02. The van der Waals surface area contributed by atoms with E-state index >= 15 is 0 Å². The lowest BCUT2D eigenvalue weighted by atomic mass is 9.94.